The number of methoxy groups -OCH3 is 2. The van der Waals surface area contributed by atoms with Gasteiger partial charge in [-0.15, -0.1) is 0 Å². The van der Waals surface area contributed by atoms with Crippen LogP contribution in [0.2, 0.25) is 0 Å². The number of ketones is 1. The summed E-state index contributed by atoms with van der Waals surface area (Å²) >= 11 is 0. The summed E-state index contributed by atoms with van der Waals surface area (Å²) in [5.74, 6) is -6.72. The Morgan fingerprint density at radius 2 is 1.47 bits per heavy atom. The number of aryl methyl sites for hydroxylation is 1. The minimum absolute atomic E-state index is 0.0109. The van der Waals surface area contributed by atoms with Gasteiger partial charge in [-0.1, -0.05) is 74.4 Å². The Labute approximate surface area is 521 Å². The molecule has 0 aliphatic carbocycles. The highest BCUT2D eigenvalue weighted by Crippen LogP contribution is 2.35. The normalized spacial score (nSPS) is 21.7. The number of hydrogen-bond acceptors (Lipinski definition) is 15. The number of cyclic esters (lactones) is 2. The van der Waals surface area contributed by atoms with Crippen LogP contribution in [0.5, 0.6) is 17.2 Å². The van der Waals surface area contributed by atoms with Gasteiger partial charge in [0.2, 0.25) is 29.4 Å². The van der Waals surface area contributed by atoms with Gasteiger partial charge in [0.05, 0.1) is 38.4 Å². The molecule has 0 aromatic heterocycles. The molecule has 484 valence electrons. The first-order chi connectivity index (χ1) is 42.2. The third kappa shape index (κ3) is 19.7. The highest BCUT2D eigenvalue weighted by molar-refractivity contribution is 6.38. The second kappa shape index (κ2) is 32.4. The van der Waals surface area contributed by atoms with Crippen molar-refractivity contribution in [3.05, 3.63) is 101 Å². The number of amides is 6. The molecule has 5 atom stereocenters. The van der Waals surface area contributed by atoms with Gasteiger partial charge in [-0.3, -0.25) is 38.4 Å². The van der Waals surface area contributed by atoms with Crippen LogP contribution in [0.4, 0.5) is 4.39 Å². The van der Waals surface area contributed by atoms with Crippen molar-refractivity contribution in [3.63, 3.8) is 0 Å². The lowest BCUT2D eigenvalue weighted by atomic mass is 9.87. The number of fused-ring (bicyclic) bond motifs is 4. The van der Waals surface area contributed by atoms with E-state index in [0.29, 0.717) is 55.2 Å². The zero-order valence-corrected chi connectivity index (χ0v) is 53.4. The number of Topliss-reactive ketones (excluding diaryl/α,β-unsaturated/α-hetero) is 1. The molecule has 2 aliphatic rings. The molecule has 22 heteroatoms. The third-order valence-electron chi connectivity index (χ3n) is 16.1. The molecule has 1 fully saturated rings. The van der Waals surface area contributed by atoms with E-state index in [1.54, 1.807) is 58.2 Å². The molecule has 0 radical (unpaired) electrons. The number of nitrogens with one attached hydrogen (secondary N) is 2. The number of piperidine rings is 1. The van der Waals surface area contributed by atoms with Gasteiger partial charge in [0.15, 0.2) is 23.9 Å². The minimum Gasteiger partial charge on any atom is -0.493 e. The van der Waals surface area contributed by atoms with Crippen LogP contribution in [0.3, 0.4) is 0 Å². The van der Waals surface area contributed by atoms with E-state index in [1.807, 2.05) is 49.4 Å². The first-order valence-corrected chi connectivity index (χ1v) is 30.6. The SMILES string of the molecule is CCCC[C@H]1C(=O)N[C@@H](Cc2ccc3ccccc3c2)C(=O)N(C)[C@@H](COC(C)(C)C)C(=O)NCC(=O)N(C)CCCCC(=O)OCC(C)(C)C(=O)C(=O)N2CCCC[C@H]2C(=O)O[C@H](CCc2cc(F)c(OC)c(OC)c2)c2cccc(c2)OCC(=O)N1C. The number of benzene rings is 4. The molecule has 6 rings (SSSR count). The number of carbonyl (C=O) groups excluding carboxylic acids is 9. The summed E-state index contributed by atoms with van der Waals surface area (Å²) in [6, 6.07) is 17.9. The number of ether oxygens (including phenoxy) is 6. The van der Waals surface area contributed by atoms with E-state index in [2.05, 4.69) is 10.6 Å². The minimum atomic E-state index is -1.50. The predicted octanol–water partition coefficient (Wildman–Crippen LogP) is 7.26. The molecule has 0 unspecified atom stereocenters. The summed E-state index contributed by atoms with van der Waals surface area (Å²) in [7, 11) is 7.14. The van der Waals surface area contributed by atoms with E-state index in [-0.39, 0.29) is 75.5 Å². The second-order valence-electron chi connectivity index (χ2n) is 24.5. The first-order valence-electron chi connectivity index (χ1n) is 30.6. The lowest BCUT2D eigenvalue weighted by molar-refractivity contribution is -0.165. The van der Waals surface area contributed by atoms with E-state index in [1.165, 1.54) is 67.8 Å². The Morgan fingerprint density at radius 3 is 2.18 bits per heavy atom. The van der Waals surface area contributed by atoms with Gasteiger partial charge in [-0.25, -0.2) is 9.18 Å². The highest BCUT2D eigenvalue weighted by atomic mass is 19.1. The lowest BCUT2D eigenvalue weighted by Crippen LogP contribution is -2.59. The zero-order chi connectivity index (χ0) is 65.2. The molecule has 2 bridgehead atoms. The van der Waals surface area contributed by atoms with Gasteiger partial charge in [0.1, 0.15) is 42.6 Å². The van der Waals surface area contributed by atoms with Crippen LogP contribution in [0.15, 0.2) is 78.9 Å². The van der Waals surface area contributed by atoms with Crippen LogP contribution >= 0.6 is 0 Å². The van der Waals surface area contributed by atoms with E-state index >= 15 is 9.18 Å². The number of hydrogen-bond donors (Lipinski definition) is 2. The number of carbonyl (C=O) groups is 9. The van der Waals surface area contributed by atoms with Gasteiger partial charge < -0.3 is 58.7 Å². The molecule has 0 saturated carbocycles. The van der Waals surface area contributed by atoms with Gasteiger partial charge in [-0.2, -0.15) is 0 Å². The van der Waals surface area contributed by atoms with E-state index in [9.17, 15) is 38.4 Å². The molecule has 21 nitrogen and oxygen atoms in total. The van der Waals surface area contributed by atoms with Crippen molar-refractivity contribution >= 4 is 63.9 Å². The van der Waals surface area contributed by atoms with E-state index in [0.717, 1.165) is 10.8 Å². The molecule has 2 aliphatic heterocycles. The third-order valence-corrected chi connectivity index (χ3v) is 16.1. The van der Waals surface area contributed by atoms with Crippen LogP contribution in [-0.4, -0.2) is 177 Å². The van der Waals surface area contributed by atoms with Gasteiger partial charge >= 0.3 is 11.9 Å². The fraction of sp³-hybridized carbons (Fsp3) is 0.537. The fourth-order valence-corrected chi connectivity index (χ4v) is 10.6. The monoisotopic (exact) mass is 1240 g/mol. The largest absolute Gasteiger partial charge is 0.493 e. The first kappa shape index (κ1) is 70.0. The Kier molecular flexibility index (Phi) is 25.4. The van der Waals surface area contributed by atoms with Gasteiger partial charge in [0, 0.05) is 47.1 Å². The second-order valence-corrected chi connectivity index (χ2v) is 24.5. The summed E-state index contributed by atoms with van der Waals surface area (Å²) in [6.45, 7) is 8.82. The number of halogens is 1. The quantitative estimate of drug-likeness (QED) is 0.105. The van der Waals surface area contributed by atoms with Crippen molar-refractivity contribution in [2.24, 2.45) is 5.41 Å². The van der Waals surface area contributed by atoms with Gasteiger partial charge in [-0.05, 0) is 138 Å². The lowest BCUT2D eigenvalue weighted by Gasteiger charge is -2.36. The maximum atomic E-state index is 15.3. The van der Waals surface area contributed by atoms with Crippen molar-refractivity contribution < 1.29 is 76.0 Å². The maximum Gasteiger partial charge on any atom is 0.329 e. The van der Waals surface area contributed by atoms with E-state index in [4.69, 9.17) is 28.4 Å². The van der Waals surface area contributed by atoms with Crippen molar-refractivity contribution in [2.75, 3.05) is 74.8 Å². The Hall–Kier alpha value is -8.14. The maximum absolute atomic E-state index is 15.3. The molecular weight excluding hydrogens is 1150 g/mol. The summed E-state index contributed by atoms with van der Waals surface area (Å²) in [6.07, 6.45) is 2.34. The number of nitrogens with zero attached hydrogens (tertiary/aromatic N) is 4. The topological polar surface area (TPSA) is 246 Å². The Morgan fingerprint density at radius 1 is 0.742 bits per heavy atom. The van der Waals surface area contributed by atoms with Crippen LogP contribution in [0.1, 0.15) is 129 Å². The molecule has 1 saturated heterocycles. The predicted molar refractivity (Wildman–Crippen MR) is 330 cm³/mol. The average molecular weight is 1240 g/mol. The number of esters is 2. The molecule has 4 aromatic rings. The van der Waals surface area contributed by atoms with Crippen molar-refractivity contribution in [1.29, 1.82) is 0 Å². The van der Waals surface area contributed by atoms with Crippen LogP contribution in [0.25, 0.3) is 10.8 Å². The number of rotatable bonds is 12. The Bertz CT molecular complexity index is 3170. The molecule has 4 aromatic carbocycles. The molecule has 0 spiro atoms. The van der Waals surface area contributed by atoms with Crippen molar-refractivity contribution in [1.82, 2.24) is 30.2 Å². The van der Waals surface area contributed by atoms with Crippen LogP contribution in [0, 0.1) is 11.2 Å². The van der Waals surface area contributed by atoms with Gasteiger partial charge in [0.25, 0.3) is 11.8 Å². The van der Waals surface area contributed by atoms with Crippen molar-refractivity contribution in [3.8, 4) is 17.2 Å². The molecule has 2 heterocycles. The molecular formula is C67H89FN6O15. The highest BCUT2D eigenvalue weighted by Gasteiger charge is 2.43. The summed E-state index contributed by atoms with van der Waals surface area (Å²) < 4.78 is 50.0. The molecule has 2 N–H and O–H groups in total. The fourth-order valence-electron chi connectivity index (χ4n) is 10.6. The van der Waals surface area contributed by atoms with E-state index < -0.39 is 120 Å². The van der Waals surface area contributed by atoms with Crippen LogP contribution in [-0.2, 0) is 70.2 Å². The van der Waals surface area contributed by atoms with Crippen molar-refractivity contribution in [2.45, 2.75) is 154 Å². The molecule has 6 amide bonds. The van der Waals surface area contributed by atoms with Crippen LogP contribution < -0.4 is 24.8 Å². The zero-order valence-electron chi connectivity index (χ0n) is 53.4. The number of unbranched alkanes of at least 4 members (excludes halogenated alkanes) is 1. The average Bonchev–Trinajstić information content (AvgIpc) is 2.34. The standard InChI is InChI=1S/C67H89FN6O15/c1-12-13-25-51-62(80)70-50(36-43-28-30-45-21-14-15-22-46(45)34-43)63(81)73(9)53(40-88-66(2,3)4)61(79)69-39-56(75)71(7)32-18-17-27-58(77)87-42-67(5,6)60(78)64(82)74-33-19-16-26-52(74)65(83)89-54(31-29-44-35-49(68)59(85-11)55(37-44)84-10)47-23-20-24-48(38-47)86-41-57(76)72(51)8/h14-15,20-24,28,30,34-35,37-38,50-54H,12-13,16-19,25-27,29,31-33,36,39-42H2,1-11H3,(H,69,79)(H,70,80)/t50-,51-,52-,53-,54+/m0/s1. The summed E-state index contributed by atoms with van der Waals surface area (Å²) in [5.41, 5.74) is -0.659. The summed E-state index contributed by atoms with van der Waals surface area (Å²) in [5, 5.41) is 7.48. The smallest absolute Gasteiger partial charge is 0.329 e. The Balaban J connectivity index is 1.35. The summed E-state index contributed by atoms with van der Waals surface area (Å²) in [4.78, 5) is 133. The number of likely N-dealkylation sites (N-methyl/N-ethyl adjacent to an activating group) is 3. The molecule has 89 heavy (non-hydrogen) atoms.